The van der Waals surface area contributed by atoms with Crippen molar-refractivity contribution >= 4 is 40.9 Å². The molecular formula is C17H14F3N7O2S. The number of carbonyl (C=O) groups excluding carboxylic acids is 2. The lowest BCUT2D eigenvalue weighted by molar-refractivity contribution is -0.141. The summed E-state index contributed by atoms with van der Waals surface area (Å²) in [7, 11) is 0. The molecule has 13 heteroatoms. The normalized spacial score (nSPS) is 18.8. The van der Waals surface area contributed by atoms with Crippen LogP contribution in [0.1, 0.15) is 11.4 Å². The van der Waals surface area contributed by atoms with E-state index in [1.54, 1.807) is 11.0 Å². The van der Waals surface area contributed by atoms with Crippen LogP contribution in [-0.2, 0) is 11.0 Å². The molecule has 2 fully saturated rings. The number of imide groups is 1. The first-order chi connectivity index (χ1) is 14.3. The fourth-order valence-corrected chi connectivity index (χ4v) is 3.58. The molecule has 9 nitrogen and oxygen atoms in total. The van der Waals surface area contributed by atoms with Gasteiger partial charge in [0.15, 0.2) is 0 Å². The molecular weight excluding hydrogens is 423 g/mol. The lowest BCUT2D eigenvalue weighted by atomic mass is 10.3. The number of thioether (sulfide) groups is 1. The molecule has 4 heterocycles. The zero-order chi connectivity index (χ0) is 21.3. The second-order valence-corrected chi connectivity index (χ2v) is 7.36. The minimum atomic E-state index is -4.53. The van der Waals surface area contributed by atoms with Crippen molar-refractivity contribution in [3.8, 4) is 0 Å². The van der Waals surface area contributed by atoms with Crippen LogP contribution >= 0.6 is 11.8 Å². The van der Waals surface area contributed by atoms with Gasteiger partial charge in [0.2, 0.25) is 11.9 Å². The summed E-state index contributed by atoms with van der Waals surface area (Å²) in [5.41, 5.74) is -0.512. The molecule has 156 valence electrons. The molecule has 0 radical (unpaired) electrons. The Morgan fingerprint density at radius 1 is 0.967 bits per heavy atom. The number of anilines is 2. The molecule has 1 N–H and O–H groups in total. The summed E-state index contributed by atoms with van der Waals surface area (Å²) in [6.07, 6.45) is -0.389. The zero-order valence-corrected chi connectivity index (χ0v) is 16.1. The van der Waals surface area contributed by atoms with E-state index in [0.29, 0.717) is 37.8 Å². The van der Waals surface area contributed by atoms with Crippen molar-refractivity contribution in [2.45, 2.75) is 6.18 Å². The summed E-state index contributed by atoms with van der Waals surface area (Å²) in [6, 6.07) is 2.45. The van der Waals surface area contributed by atoms with Crippen LogP contribution in [0.15, 0.2) is 29.4 Å². The molecule has 0 spiro atoms. The summed E-state index contributed by atoms with van der Waals surface area (Å²) in [5.74, 6) is -0.0265. The Labute approximate surface area is 172 Å². The Kier molecular flexibility index (Phi) is 5.28. The van der Waals surface area contributed by atoms with E-state index in [-0.39, 0.29) is 10.9 Å². The van der Waals surface area contributed by atoms with Crippen LogP contribution in [0.25, 0.3) is 6.08 Å². The Morgan fingerprint density at radius 3 is 2.13 bits per heavy atom. The molecule has 30 heavy (non-hydrogen) atoms. The van der Waals surface area contributed by atoms with Crippen LogP contribution in [-0.4, -0.2) is 57.3 Å². The third kappa shape index (κ3) is 4.35. The Balaban J connectivity index is 1.44. The first-order valence-electron chi connectivity index (χ1n) is 8.77. The molecule has 2 aliphatic rings. The summed E-state index contributed by atoms with van der Waals surface area (Å²) in [6.45, 7) is 1.69. The van der Waals surface area contributed by atoms with Gasteiger partial charge < -0.3 is 9.80 Å². The molecule has 0 unspecified atom stereocenters. The minimum absolute atomic E-state index is 0.0258. The van der Waals surface area contributed by atoms with E-state index < -0.39 is 23.0 Å². The van der Waals surface area contributed by atoms with E-state index in [1.807, 2.05) is 4.90 Å². The largest absolute Gasteiger partial charge is 0.433 e. The highest BCUT2D eigenvalue weighted by Gasteiger charge is 2.33. The average Bonchev–Trinajstić information content (AvgIpc) is 3.04. The molecule has 4 rings (SSSR count). The summed E-state index contributed by atoms with van der Waals surface area (Å²) >= 11 is 0.798. The highest BCUT2D eigenvalue weighted by atomic mass is 32.2. The predicted molar refractivity (Wildman–Crippen MR) is 103 cm³/mol. The van der Waals surface area contributed by atoms with Gasteiger partial charge in [-0.1, -0.05) is 0 Å². The van der Waals surface area contributed by atoms with Crippen LogP contribution in [0.5, 0.6) is 0 Å². The van der Waals surface area contributed by atoms with Gasteiger partial charge in [0.1, 0.15) is 5.69 Å². The Hall–Kier alpha value is -3.22. The van der Waals surface area contributed by atoms with E-state index >= 15 is 0 Å². The topological polar surface area (TPSA) is 104 Å². The summed E-state index contributed by atoms with van der Waals surface area (Å²) < 4.78 is 38.6. The maximum Gasteiger partial charge on any atom is 0.433 e. The molecule has 2 aromatic rings. The first kappa shape index (κ1) is 20.1. The van der Waals surface area contributed by atoms with Crippen molar-refractivity contribution < 1.29 is 22.8 Å². The van der Waals surface area contributed by atoms with E-state index in [4.69, 9.17) is 0 Å². The van der Waals surface area contributed by atoms with Gasteiger partial charge in [0.05, 0.1) is 10.6 Å². The van der Waals surface area contributed by atoms with Crippen molar-refractivity contribution in [2.75, 3.05) is 36.0 Å². The number of carbonyl (C=O) groups is 2. The van der Waals surface area contributed by atoms with Crippen molar-refractivity contribution in [1.29, 1.82) is 0 Å². The van der Waals surface area contributed by atoms with Gasteiger partial charge in [-0.05, 0) is 30.0 Å². The number of nitrogens with one attached hydrogen (secondary N) is 1. The number of halogens is 3. The second-order valence-electron chi connectivity index (χ2n) is 6.35. The van der Waals surface area contributed by atoms with Gasteiger partial charge in [-0.2, -0.15) is 13.2 Å². The van der Waals surface area contributed by atoms with Crippen LogP contribution < -0.4 is 15.1 Å². The molecule has 0 aromatic carbocycles. The quantitative estimate of drug-likeness (QED) is 0.722. The van der Waals surface area contributed by atoms with Gasteiger partial charge in [-0.15, -0.1) is 0 Å². The van der Waals surface area contributed by atoms with Gasteiger partial charge in [0, 0.05) is 38.6 Å². The Bertz CT molecular complexity index is 1020. The number of alkyl halides is 3. The lowest BCUT2D eigenvalue weighted by Gasteiger charge is -2.34. The maximum atomic E-state index is 12.9. The number of piperazine rings is 1. The van der Waals surface area contributed by atoms with E-state index in [0.717, 1.165) is 24.0 Å². The van der Waals surface area contributed by atoms with Gasteiger partial charge in [0.25, 0.3) is 11.1 Å². The third-order valence-electron chi connectivity index (χ3n) is 4.36. The highest BCUT2D eigenvalue weighted by molar-refractivity contribution is 8.18. The standard InChI is InChI=1S/C17H14F3N7O2S/c18-17(19,20)12-2-4-22-15(24-12)27-7-5-26(6-8-27)14-21-3-1-10(23-14)9-11-13(28)25-16(29)30-11/h1-4,9H,5-8H2,(H,25,28,29). The minimum Gasteiger partial charge on any atom is -0.337 e. The van der Waals surface area contributed by atoms with Gasteiger partial charge in [-0.3, -0.25) is 14.9 Å². The number of nitrogens with zero attached hydrogens (tertiary/aromatic N) is 6. The number of rotatable bonds is 3. The molecule has 2 aromatic heterocycles. The first-order valence-corrected chi connectivity index (χ1v) is 9.59. The highest BCUT2D eigenvalue weighted by Crippen LogP contribution is 2.28. The van der Waals surface area contributed by atoms with Crippen molar-refractivity contribution in [1.82, 2.24) is 25.3 Å². The van der Waals surface area contributed by atoms with Crippen LogP contribution in [0.3, 0.4) is 0 Å². The van der Waals surface area contributed by atoms with Crippen molar-refractivity contribution in [3.63, 3.8) is 0 Å². The summed E-state index contributed by atoms with van der Waals surface area (Å²) in [5, 5.41) is 1.74. The molecule has 2 aliphatic heterocycles. The fraction of sp³-hybridized carbons (Fsp3) is 0.294. The number of amides is 2. The molecule has 2 saturated heterocycles. The van der Waals surface area contributed by atoms with E-state index in [1.165, 1.54) is 12.3 Å². The number of aromatic nitrogens is 4. The zero-order valence-electron chi connectivity index (χ0n) is 15.3. The number of hydrogen-bond donors (Lipinski definition) is 1. The molecule has 0 bridgehead atoms. The van der Waals surface area contributed by atoms with Crippen molar-refractivity contribution in [2.24, 2.45) is 0 Å². The second kappa shape index (κ2) is 7.89. The molecule has 0 aliphatic carbocycles. The molecule has 0 atom stereocenters. The van der Waals surface area contributed by atoms with Crippen LogP contribution in [0.4, 0.5) is 29.9 Å². The number of hydrogen-bond acceptors (Lipinski definition) is 9. The fourth-order valence-electron chi connectivity index (χ4n) is 2.92. The van der Waals surface area contributed by atoms with Crippen LogP contribution in [0.2, 0.25) is 0 Å². The van der Waals surface area contributed by atoms with E-state index in [9.17, 15) is 22.8 Å². The summed E-state index contributed by atoms with van der Waals surface area (Å²) in [4.78, 5) is 42.9. The Morgan fingerprint density at radius 2 is 1.57 bits per heavy atom. The maximum absolute atomic E-state index is 12.9. The SMILES string of the molecule is O=C1NC(=O)C(=Cc2ccnc(N3CCN(c4nccc(C(F)(F)F)n4)CC3)n2)S1. The van der Waals surface area contributed by atoms with E-state index in [2.05, 4.69) is 25.3 Å². The van der Waals surface area contributed by atoms with Crippen LogP contribution in [0, 0.1) is 0 Å². The smallest absolute Gasteiger partial charge is 0.337 e. The lowest BCUT2D eigenvalue weighted by Crippen LogP contribution is -2.47. The van der Waals surface area contributed by atoms with Gasteiger partial charge in [-0.25, -0.2) is 19.9 Å². The van der Waals surface area contributed by atoms with Crippen molar-refractivity contribution in [3.05, 3.63) is 40.8 Å². The molecule has 0 saturated carbocycles. The monoisotopic (exact) mass is 437 g/mol. The predicted octanol–water partition coefficient (Wildman–Crippen LogP) is 1.94. The third-order valence-corrected chi connectivity index (χ3v) is 5.17. The van der Waals surface area contributed by atoms with Gasteiger partial charge >= 0.3 is 6.18 Å². The molecule has 2 amide bonds. The average molecular weight is 437 g/mol.